The number of hydrogen-bond acceptors (Lipinski definition) is 0. The summed E-state index contributed by atoms with van der Waals surface area (Å²) in [5.41, 5.74) is 2.25. The van der Waals surface area contributed by atoms with E-state index in [1.54, 1.807) is 33.6 Å². The van der Waals surface area contributed by atoms with Crippen molar-refractivity contribution in [2.75, 3.05) is 0 Å². The van der Waals surface area contributed by atoms with Gasteiger partial charge in [0.05, 0.1) is 0 Å². The first-order chi connectivity index (χ1) is 5.72. The van der Waals surface area contributed by atoms with Gasteiger partial charge < -0.3 is 0 Å². The number of hydrogen-bond donors (Lipinski definition) is 0. The van der Waals surface area contributed by atoms with Crippen LogP contribution >= 0.6 is 24.8 Å². The second kappa shape index (κ2) is 5.87. The van der Waals surface area contributed by atoms with Crippen molar-refractivity contribution in [2.24, 2.45) is 5.41 Å². The maximum Gasteiger partial charge on any atom is -0.147 e. The third-order valence-electron chi connectivity index (χ3n) is 3.29. The van der Waals surface area contributed by atoms with Crippen molar-refractivity contribution >= 4 is 24.8 Å². The van der Waals surface area contributed by atoms with Gasteiger partial charge >= 0.3 is 90.2 Å². The Morgan fingerprint density at radius 3 is 2.21 bits per heavy atom. The molecule has 2 rings (SSSR count). The van der Waals surface area contributed by atoms with Gasteiger partial charge in [-0.3, -0.25) is 0 Å². The molecule has 14 heavy (non-hydrogen) atoms. The molecule has 0 amide bonds. The van der Waals surface area contributed by atoms with E-state index < -0.39 is 0 Å². The summed E-state index contributed by atoms with van der Waals surface area (Å²) in [5.74, 6) is 0. The first-order valence-electron chi connectivity index (χ1n) is 4.84. The minimum atomic E-state index is 0. The summed E-state index contributed by atoms with van der Waals surface area (Å²) in [6.45, 7) is 2.45. The van der Waals surface area contributed by atoms with Crippen molar-refractivity contribution in [1.29, 1.82) is 0 Å². The first-order valence-corrected chi connectivity index (χ1v) is 6.07. The van der Waals surface area contributed by atoms with Gasteiger partial charge in [-0.25, -0.2) is 0 Å². The summed E-state index contributed by atoms with van der Waals surface area (Å²) in [6, 6.07) is 0. The first kappa shape index (κ1) is 14.9. The van der Waals surface area contributed by atoms with Crippen LogP contribution in [0.3, 0.4) is 0 Å². The minimum absolute atomic E-state index is 0. The molecule has 1 fully saturated rings. The van der Waals surface area contributed by atoms with E-state index in [0.717, 1.165) is 0 Å². The van der Waals surface area contributed by atoms with Crippen molar-refractivity contribution < 1.29 is 24.7 Å². The average Bonchev–Trinajstić information content (AvgIpc) is 2.59. The summed E-state index contributed by atoms with van der Waals surface area (Å²) < 4.78 is 1.70. The van der Waals surface area contributed by atoms with Crippen LogP contribution in [0.25, 0.3) is 0 Å². The summed E-state index contributed by atoms with van der Waals surface area (Å²) in [4.78, 5) is 0. The Balaban J connectivity index is 0.000000845. The van der Waals surface area contributed by atoms with Crippen molar-refractivity contribution in [3.8, 4) is 0 Å². The third kappa shape index (κ3) is 2.74. The predicted octanol–water partition coefficient (Wildman–Crippen LogP) is 4.17. The average molecular weight is 311 g/mol. The normalized spacial score (nSPS) is 23.1. The number of allylic oxidation sites excluding steroid dienone is 4. The summed E-state index contributed by atoms with van der Waals surface area (Å²) in [5, 5.41) is 0. The van der Waals surface area contributed by atoms with Gasteiger partial charge in [-0.1, -0.05) is 0 Å². The van der Waals surface area contributed by atoms with Crippen molar-refractivity contribution in [3.05, 3.63) is 21.0 Å². The van der Waals surface area contributed by atoms with E-state index in [2.05, 4.69) is 19.1 Å². The molecular weight excluding hydrogens is 294 g/mol. The Morgan fingerprint density at radius 1 is 1.21 bits per heavy atom. The standard InChI is InChI=1S/C11H15.2ClH.Zr/c1-11(8-4-5-9-11)10-6-2-3-7-10;;;/h2,6H,3-5,8-9H2,1H3;2*1H;. The molecule has 0 saturated heterocycles. The van der Waals surface area contributed by atoms with Crippen LogP contribution < -0.4 is 0 Å². The molecule has 3 heteroatoms. The van der Waals surface area contributed by atoms with E-state index in [0.29, 0.717) is 5.41 Å². The van der Waals surface area contributed by atoms with Crippen LogP contribution in [-0.4, -0.2) is 0 Å². The molecule has 0 aromatic heterocycles. The van der Waals surface area contributed by atoms with Crippen LogP contribution in [0, 0.1) is 5.41 Å². The molecule has 0 nitrogen and oxygen atoms in total. The maximum absolute atomic E-state index is 2.45. The van der Waals surface area contributed by atoms with Crippen LogP contribution in [0.5, 0.6) is 0 Å². The molecule has 0 aromatic carbocycles. The second-order valence-corrected chi connectivity index (χ2v) is 5.75. The van der Waals surface area contributed by atoms with Crippen molar-refractivity contribution in [1.82, 2.24) is 0 Å². The summed E-state index contributed by atoms with van der Waals surface area (Å²) in [6.07, 6.45) is 11.7. The molecule has 0 spiro atoms. The largest absolute Gasteiger partial charge is 0.147 e. The molecule has 0 bridgehead atoms. The van der Waals surface area contributed by atoms with Gasteiger partial charge in [0.25, 0.3) is 0 Å². The SMILES string of the molecule is CC1(C2=[C]([Zr])CC=C2)CCCC1.Cl.Cl. The molecule has 79 valence electrons. The van der Waals surface area contributed by atoms with Gasteiger partial charge in [-0.2, -0.15) is 0 Å². The topological polar surface area (TPSA) is 0 Å². The third-order valence-corrected chi connectivity index (χ3v) is 4.45. The summed E-state index contributed by atoms with van der Waals surface area (Å²) in [7, 11) is 0. The van der Waals surface area contributed by atoms with E-state index in [-0.39, 0.29) is 24.8 Å². The van der Waals surface area contributed by atoms with E-state index in [1.165, 1.54) is 32.1 Å². The smallest absolute Gasteiger partial charge is 0.147 e. The van der Waals surface area contributed by atoms with E-state index >= 15 is 0 Å². The molecule has 0 heterocycles. The van der Waals surface area contributed by atoms with Gasteiger partial charge in [0.2, 0.25) is 0 Å². The number of rotatable bonds is 1. The Morgan fingerprint density at radius 2 is 1.79 bits per heavy atom. The zero-order chi connectivity index (χ0) is 8.60. The summed E-state index contributed by atoms with van der Waals surface area (Å²) >= 11 is 1.63. The fourth-order valence-electron chi connectivity index (χ4n) is 2.50. The van der Waals surface area contributed by atoms with Crippen molar-refractivity contribution in [3.63, 3.8) is 0 Å². The molecule has 2 aliphatic rings. The second-order valence-electron chi connectivity index (χ2n) is 4.27. The zero-order valence-electron chi connectivity index (χ0n) is 8.51. The van der Waals surface area contributed by atoms with Crippen LogP contribution in [-0.2, 0) is 24.7 Å². The number of halogens is 2. The van der Waals surface area contributed by atoms with E-state index in [1.807, 2.05) is 0 Å². The molecular formula is C11H17Cl2Zr. The van der Waals surface area contributed by atoms with E-state index in [9.17, 15) is 0 Å². The molecule has 0 unspecified atom stereocenters. The van der Waals surface area contributed by atoms with Crippen molar-refractivity contribution in [2.45, 2.75) is 39.0 Å². The van der Waals surface area contributed by atoms with E-state index in [4.69, 9.17) is 0 Å². The Hall–Kier alpha value is 0.943. The molecule has 0 N–H and O–H groups in total. The van der Waals surface area contributed by atoms with Gasteiger partial charge in [0.1, 0.15) is 0 Å². The Labute approximate surface area is 114 Å². The molecule has 2 aliphatic carbocycles. The molecule has 1 saturated carbocycles. The minimum Gasteiger partial charge on any atom is -0.147 e. The predicted molar refractivity (Wildman–Crippen MR) is 61.9 cm³/mol. The fraction of sp³-hybridized carbons (Fsp3) is 0.636. The quantitative estimate of drug-likeness (QED) is 0.682. The van der Waals surface area contributed by atoms with Crippen LogP contribution in [0.1, 0.15) is 39.0 Å². The van der Waals surface area contributed by atoms with Crippen LogP contribution in [0.4, 0.5) is 0 Å². The Kier molecular flexibility index (Phi) is 6.27. The van der Waals surface area contributed by atoms with Gasteiger partial charge in [-0.05, 0) is 0 Å². The van der Waals surface area contributed by atoms with Crippen LogP contribution in [0.15, 0.2) is 21.0 Å². The maximum atomic E-state index is 2.45. The molecule has 0 aliphatic heterocycles. The monoisotopic (exact) mass is 309 g/mol. The molecule has 0 radical (unpaired) electrons. The molecule has 0 atom stereocenters. The Bertz CT molecular complexity index is 250. The fourth-order valence-corrected chi connectivity index (χ4v) is 3.73. The van der Waals surface area contributed by atoms with Crippen LogP contribution in [0.2, 0.25) is 0 Å². The van der Waals surface area contributed by atoms with Gasteiger partial charge in [0.15, 0.2) is 0 Å². The van der Waals surface area contributed by atoms with Gasteiger partial charge in [0, 0.05) is 0 Å². The molecule has 0 aromatic rings. The zero-order valence-corrected chi connectivity index (χ0v) is 12.6. The van der Waals surface area contributed by atoms with Gasteiger partial charge in [-0.15, -0.1) is 24.8 Å².